The zero-order valence-corrected chi connectivity index (χ0v) is 13.0. The van der Waals surface area contributed by atoms with Crippen LogP contribution in [0.2, 0.25) is 0 Å². The molecule has 4 heteroatoms. The van der Waals surface area contributed by atoms with E-state index in [1.54, 1.807) is 7.11 Å². The average Bonchev–Trinajstić information content (AvgIpc) is 3.00. The average molecular weight is 287 g/mol. The third kappa shape index (κ3) is 2.54. The van der Waals surface area contributed by atoms with Gasteiger partial charge in [-0.05, 0) is 50.6 Å². The Kier molecular flexibility index (Phi) is 4.17. The van der Waals surface area contributed by atoms with Crippen molar-refractivity contribution in [2.45, 2.75) is 31.7 Å². The molecule has 4 nitrogen and oxygen atoms in total. The molecule has 0 radical (unpaired) electrons. The van der Waals surface area contributed by atoms with Crippen molar-refractivity contribution in [2.24, 2.45) is 0 Å². The largest absolute Gasteiger partial charge is 0.381 e. The second-order valence-corrected chi connectivity index (χ2v) is 5.79. The van der Waals surface area contributed by atoms with Crippen molar-refractivity contribution in [1.29, 1.82) is 0 Å². The van der Waals surface area contributed by atoms with Gasteiger partial charge < -0.3 is 19.9 Å². The maximum atomic E-state index is 5.25. The first-order valence-corrected chi connectivity index (χ1v) is 7.87. The molecule has 2 aliphatic heterocycles. The summed E-state index contributed by atoms with van der Waals surface area (Å²) >= 11 is 0. The van der Waals surface area contributed by atoms with Crippen molar-refractivity contribution in [2.75, 3.05) is 26.8 Å². The SMILES string of the molecule is CC/C=C1\C(=C/COC)NC2(CCNCC2)c2cccn21. The summed E-state index contributed by atoms with van der Waals surface area (Å²) in [5.74, 6) is 0. The van der Waals surface area contributed by atoms with Crippen molar-refractivity contribution in [1.82, 2.24) is 15.2 Å². The summed E-state index contributed by atoms with van der Waals surface area (Å²) in [4.78, 5) is 0. The fourth-order valence-corrected chi connectivity index (χ4v) is 3.46. The number of methoxy groups -OCH3 is 1. The number of rotatable bonds is 3. The highest BCUT2D eigenvalue weighted by molar-refractivity contribution is 5.68. The minimum Gasteiger partial charge on any atom is -0.381 e. The minimum absolute atomic E-state index is 0.0550. The molecule has 0 saturated carbocycles. The lowest BCUT2D eigenvalue weighted by atomic mass is 9.82. The molecular weight excluding hydrogens is 262 g/mol. The van der Waals surface area contributed by atoms with Crippen LogP contribution in [0.3, 0.4) is 0 Å². The number of nitrogens with one attached hydrogen (secondary N) is 2. The zero-order chi connectivity index (χ0) is 14.7. The number of hydrogen-bond donors (Lipinski definition) is 2. The van der Waals surface area contributed by atoms with Crippen molar-refractivity contribution < 1.29 is 4.74 Å². The molecule has 3 rings (SSSR count). The van der Waals surface area contributed by atoms with Crippen molar-refractivity contribution in [3.63, 3.8) is 0 Å². The van der Waals surface area contributed by atoms with Gasteiger partial charge in [0.2, 0.25) is 0 Å². The van der Waals surface area contributed by atoms with Crippen LogP contribution >= 0.6 is 0 Å². The van der Waals surface area contributed by atoms with Gasteiger partial charge >= 0.3 is 0 Å². The first-order chi connectivity index (χ1) is 10.3. The number of nitrogens with zero attached hydrogens (tertiary/aromatic N) is 1. The minimum atomic E-state index is 0.0550. The van der Waals surface area contributed by atoms with E-state index in [1.807, 2.05) is 0 Å². The quantitative estimate of drug-likeness (QED) is 0.897. The van der Waals surface area contributed by atoms with E-state index in [-0.39, 0.29) is 5.54 Å². The summed E-state index contributed by atoms with van der Waals surface area (Å²) in [7, 11) is 1.74. The molecule has 2 aliphatic rings. The molecule has 0 unspecified atom stereocenters. The van der Waals surface area contributed by atoms with E-state index in [4.69, 9.17) is 4.74 Å². The molecule has 1 aromatic rings. The number of hydrogen-bond acceptors (Lipinski definition) is 3. The maximum absolute atomic E-state index is 5.25. The molecule has 0 aliphatic carbocycles. The summed E-state index contributed by atoms with van der Waals surface area (Å²) in [6.45, 7) is 4.93. The first kappa shape index (κ1) is 14.4. The van der Waals surface area contributed by atoms with Gasteiger partial charge in [-0.1, -0.05) is 13.0 Å². The second kappa shape index (κ2) is 6.08. The molecule has 0 atom stereocenters. The maximum Gasteiger partial charge on any atom is 0.0804 e. The topological polar surface area (TPSA) is 38.2 Å². The van der Waals surface area contributed by atoms with E-state index in [0.717, 1.165) is 32.4 Å². The molecule has 2 N–H and O–H groups in total. The number of allylic oxidation sites excluding steroid dienone is 2. The van der Waals surface area contributed by atoms with Crippen LogP contribution in [0.15, 0.2) is 36.2 Å². The van der Waals surface area contributed by atoms with Crippen LogP contribution in [-0.2, 0) is 10.3 Å². The van der Waals surface area contributed by atoms with E-state index < -0.39 is 0 Å². The van der Waals surface area contributed by atoms with Gasteiger partial charge in [0, 0.05) is 19.0 Å². The number of fused-ring (bicyclic) bond motifs is 2. The molecule has 1 spiro atoms. The fraction of sp³-hybridized carbons (Fsp3) is 0.529. The zero-order valence-electron chi connectivity index (χ0n) is 13.0. The highest BCUT2D eigenvalue weighted by Crippen LogP contribution is 2.39. The Hall–Kier alpha value is -1.52. The predicted molar refractivity (Wildman–Crippen MR) is 85.9 cm³/mol. The van der Waals surface area contributed by atoms with Crippen LogP contribution < -0.4 is 10.6 Å². The Bertz CT molecular complexity index is 550. The van der Waals surface area contributed by atoms with Crippen LogP contribution in [0.4, 0.5) is 0 Å². The number of ether oxygens (including phenoxy) is 1. The molecule has 21 heavy (non-hydrogen) atoms. The summed E-state index contributed by atoms with van der Waals surface area (Å²) in [5, 5.41) is 7.30. The Morgan fingerprint density at radius 1 is 1.33 bits per heavy atom. The van der Waals surface area contributed by atoms with Gasteiger partial charge in [-0.2, -0.15) is 0 Å². The third-order valence-corrected chi connectivity index (χ3v) is 4.46. The molecule has 0 amide bonds. The van der Waals surface area contributed by atoms with Gasteiger partial charge in [0.1, 0.15) is 0 Å². The lowest BCUT2D eigenvalue weighted by molar-refractivity contribution is 0.228. The third-order valence-electron chi connectivity index (χ3n) is 4.46. The normalized spacial score (nSPS) is 24.3. The van der Waals surface area contributed by atoms with Gasteiger partial charge in [0.05, 0.1) is 23.5 Å². The highest BCUT2D eigenvalue weighted by atomic mass is 16.5. The van der Waals surface area contributed by atoms with Gasteiger partial charge in [-0.15, -0.1) is 0 Å². The standard InChI is InChI=1S/C17H25N3O/c1-3-5-15-14(7-13-21-2)19-17(8-10-18-11-9-17)16-6-4-12-20(15)16/h4-7,12,18-19H,3,8-11,13H2,1-2H3/b14-7+,15-5+. The van der Waals surface area contributed by atoms with Gasteiger partial charge in [0.15, 0.2) is 0 Å². The van der Waals surface area contributed by atoms with Crippen molar-refractivity contribution in [3.8, 4) is 0 Å². The first-order valence-electron chi connectivity index (χ1n) is 7.87. The molecule has 1 fully saturated rings. The monoisotopic (exact) mass is 287 g/mol. The summed E-state index contributed by atoms with van der Waals surface area (Å²) in [6, 6.07) is 4.42. The van der Waals surface area contributed by atoms with Crippen LogP contribution in [0.5, 0.6) is 0 Å². The molecule has 0 aromatic carbocycles. The second-order valence-electron chi connectivity index (χ2n) is 5.79. The smallest absolute Gasteiger partial charge is 0.0804 e. The van der Waals surface area contributed by atoms with Crippen LogP contribution in [-0.4, -0.2) is 31.4 Å². The van der Waals surface area contributed by atoms with E-state index in [9.17, 15) is 0 Å². The van der Waals surface area contributed by atoms with Gasteiger partial charge in [-0.3, -0.25) is 0 Å². The lowest BCUT2D eigenvalue weighted by Gasteiger charge is -2.45. The number of piperidine rings is 1. The van der Waals surface area contributed by atoms with Crippen molar-refractivity contribution in [3.05, 3.63) is 41.9 Å². The molecule has 114 valence electrons. The molecular formula is C17H25N3O. The predicted octanol–water partition coefficient (Wildman–Crippen LogP) is 2.45. The Labute approximate surface area is 126 Å². The summed E-state index contributed by atoms with van der Waals surface area (Å²) in [6.07, 6.45) is 9.87. The van der Waals surface area contributed by atoms with Gasteiger partial charge in [0.25, 0.3) is 0 Å². The fourth-order valence-electron chi connectivity index (χ4n) is 3.46. The van der Waals surface area contributed by atoms with E-state index in [2.05, 4.69) is 52.6 Å². The van der Waals surface area contributed by atoms with Crippen molar-refractivity contribution >= 4 is 5.70 Å². The van der Waals surface area contributed by atoms with E-state index in [1.165, 1.54) is 17.1 Å². The van der Waals surface area contributed by atoms with Crippen LogP contribution in [0.1, 0.15) is 31.9 Å². The Balaban J connectivity index is 2.07. The Morgan fingerprint density at radius 3 is 2.86 bits per heavy atom. The van der Waals surface area contributed by atoms with Gasteiger partial charge in [-0.25, -0.2) is 0 Å². The highest BCUT2D eigenvalue weighted by Gasteiger charge is 2.40. The number of aromatic nitrogens is 1. The molecule has 1 aromatic heterocycles. The van der Waals surface area contributed by atoms with E-state index in [0.29, 0.717) is 6.61 Å². The molecule has 3 heterocycles. The lowest BCUT2D eigenvalue weighted by Crippen LogP contribution is -2.53. The van der Waals surface area contributed by atoms with E-state index >= 15 is 0 Å². The molecule has 0 bridgehead atoms. The van der Waals surface area contributed by atoms with Crippen LogP contribution in [0, 0.1) is 0 Å². The molecule has 1 saturated heterocycles. The summed E-state index contributed by atoms with van der Waals surface area (Å²) in [5.41, 5.74) is 3.89. The Morgan fingerprint density at radius 2 is 2.14 bits per heavy atom. The van der Waals surface area contributed by atoms with Crippen LogP contribution in [0.25, 0.3) is 5.70 Å². The summed E-state index contributed by atoms with van der Waals surface area (Å²) < 4.78 is 7.61.